The van der Waals surface area contributed by atoms with Crippen LogP contribution in [0.5, 0.6) is 0 Å². The number of anilines is 8. The normalized spacial score (nSPS) is 19.0. The molecule has 0 N–H and O–H groups in total. The molecule has 2 aliphatic heterocycles. The molecule has 0 radical (unpaired) electrons. The molecular formula is C66H74BI2N3S. The molecular weight excluding hydrogens is 1130 g/mol. The van der Waals surface area contributed by atoms with Gasteiger partial charge in [-0.3, -0.25) is 0 Å². The molecule has 0 amide bonds. The monoisotopic (exact) mass is 1210 g/mol. The lowest BCUT2D eigenvalue weighted by molar-refractivity contribution is 0.497. The second kappa shape index (κ2) is 18.2. The van der Waals surface area contributed by atoms with Gasteiger partial charge >= 0.3 is 0 Å². The van der Waals surface area contributed by atoms with Crippen molar-refractivity contribution in [1.82, 2.24) is 0 Å². The molecule has 0 bridgehead atoms. The maximum atomic E-state index is 2.77. The number of rotatable bonds is 6. The van der Waals surface area contributed by atoms with Crippen LogP contribution in [0, 0.1) is 0 Å². The summed E-state index contributed by atoms with van der Waals surface area (Å²) in [6, 6.07) is 45.7. The molecule has 376 valence electrons. The molecule has 3 nitrogen and oxygen atoms in total. The van der Waals surface area contributed by atoms with Crippen LogP contribution in [0.15, 0.2) is 139 Å². The zero-order valence-corrected chi connectivity index (χ0v) is 51.3. The first-order chi connectivity index (χ1) is 34.1. The lowest BCUT2D eigenvalue weighted by Gasteiger charge is -2.45. The molecule has 7 aromatic rings. The summed E-state index contributed by atoms with van der Waals surface area (Å²) in [5.74, 6) is 0. The van der Waals surface area contributed by atoms with Crippen molar-refractivity contribution in [2.75, 3.05) is 14.7 Å². The highest BCUT2D eigenvalue weighted by atomic mass is 127. The molecule has 0 saturated heterocycles. The number of alkyl halides is 2. The van der Waals surface area contributed by atoms with Crippen molar-refractivity contribution in [3.05, 3.63) is 173 Å². The van der Waals surface area contributed by atoms with Gasteiger partial charge in [-0.05, 0) is 179 Å². The SMILES string of the molecule is C/C=C\C(=C/C)N(c1ccccc1)c1cc2c3c(c1)N(c1ccc(C(C)(C)C)cc1)c1c(sc4cc5c(cc14)C(C)(I)CCC5(C)I)B3c1ccc(C(C)(C)C)cc1N2c1cc(C(C)(C)C)cc(C(C)(C)C)c1. The van der Waals surface area contributed by atoms with E-state index in [1.54, 1.807) is 0 Å². The Labute approximate surface area is 469 Å². The van der Waals surface area contributed by atoms with E-state index in [0.717, 1.165) is 29.9 Å². The summed E-state index contributed by atoms with van der Waals surface area (Å²) < 4.78 is 2.85. The Morgan fingerprint density at radius 2 is 1.12 bits per heavy atom. The lowest BCUT2D eigenvalue weighted by atomic mass is 9.36. The highest BCUT2D eigenvalue weighted by molar-refractivity contribution is 14.1. The van der Waals surface area contributed by atoms with Crippen molar-refractivity contribution in [1.29, 1.82) is 0 Å². The number of nitrogens with zero attached hydrogens (tertiary/aromatic N) is 3. The van der Waals surface area contributed by atoms with Crippen LogP contribution in [0.3, 0.4) is 0 Å². The average molecular weight is 1210 g/mol. The summed E-state index contributed by atoms with van der Waals surface area (Å²) in [7, 11) is 0. The van der Waals surface area contributed by atoms with Gasteiger partial charge in [0.2, 0.25) is 0 Å². The zero-order valence-electron chi connectivity index (χ0n) is 46.2. The molecule has 10 rings (SSSR count). The van der Waals surface area contributed by atoms with E-state index in [-0.39, 0.29) is 35.2 Å². The molecule has 7 heteroatoms. The Morgan fingerprint density at radius 3 is 1.67 bits per heavy atom. The Kier molecular flexibility index (Phi) is 13.0. The Hall–Kier alpha value is -4.32. The maximum absolute atomic E-state index is 2.77. The number of allylic oxidation sites excluding steroid dienone is 3. The lowest BCUT2D eigenvalue weighted by Crippen LogP contribution is -2.60. The Bertz CT molecular complexity index is 3330. The van der Waals surface area contributed by atoms with Crippen molar-refractivity contribution in [3.8, 4) is 0 Å². The number of hydrogen-bond acceptors (Lipinski definition) is 4. The van der Waals surface area contributed by atoms with Gasteiger partial charge in [0.1, 0.15) is 0 Å². The molecule has 0 fully saturated rings. The third kappa shape index (κ3) is 9.15. The number of hydrogen-bond donors (Lipinski definition) is 0. The van der Waals surface area contributed by atoms with Gasteiger partial charge in [0.15, 0.2) is 0 Å². The van der Waals surface area contributed by atoms with E-state index >= 15 is 0 Å². The molecule has 0 spiro atoms. The van der Waals surface area contributed by atoms with E-state index in [4.69, 9.17) is 0 Å². The minimum absolute atomic E-state index is 0.0101. The van der Waals surface area contributed by atoms with E-state index in [2.05, 4.69) is 304 Å². The molecule has 3 heterocycles. The third-order valence-electron chi connectivity index (χ3n) is 15.9. The van der Waals surface area contributed by atoms with Gasteiger partial charge in [0.25, 0.3) is 6.71 Å². The van der Waals surface area contributed by atoms with Crippen molar-refractivity contribution in [2.24, 2.45) is 0 Å². The van der Waals surface area contributed by atoms with Crippen LogP contribution in [0.2, 0.25) is 0 Å². The largest absolute Gasteiger partial charge is 0.311 e. The molecule has 3 aliphatic rings. The second-order valence-corrected chi connectivity index (χ2v) is 31.4. The van der Waals surface area contributed by atoms with Crippen LogP contribution in [0.4, 0.5) is 45.5 Å². The highest BCUT2D eigenvalue weighted by Gasteiger charge is 2.48. The van der Waals surface area contributed by atoms with Crippen LogP contribution in [0.25, 0.3) is 10.1 Å². The topological polar surface area (TPSA) is 9.72 Å². The van der Waals surface area contributed by atoms with Gasteiger partial charge in [0.05, 0.1) is 11.4 Å². The Balaban J connectivity index is 1.41. The minimum atomic E-state index is -0.0771. The maximum Gasteiger partial charge on any atom is 0.264 e. The number of para-hydroxylation sites is 1. The molecule has 1 aliphatic carbocycles. The van der Waals surface area contributed by atoms with E-state index in [1.165, 1.54) is 93.3 Å². The number of benzene rings is 6. The summed E-state index contributed by atoms with van der Waals surface area (Å²) in [4.78, 5) is 7.82. The summed E-state index contributed by atoms with van der Waals surface area (Å²) >= 11 is 7.55. The van der Waals surface area contributed by atoms with Crippen molar-refractivity contribution < 1.29 is 0 Å². The summed E-state index contributed by atoms with van der Waals surface area (Å²) in [5.41, 5.74) is 21.5. The molecule has 6 aromatic carbocycles. The third-order valence-corrected chi connectivity index (χ3v) is 19.4. The predicted molar refractivity (Wildman–Crippen MR) is 340 cm³/mol. The molecule has 0 saturated carbocycles. The van der Waals surface area contributed by atoms with Crippen LogP contribution >= 0.6 is 56.5 Å². The van der Waals surface area contributed by atoms with Gasteiger partial charge in [-0.25, -0.2) is 0 Å². The number of fused-ring (bicyclic) bond motifs is 7. The van der Waals surface area contributed by atoms with E-state index in [0.29, 0.717) is 0 Å². The molecule has 73 heavy (non-hydrogen) atoms. The molecule has 1 aromatic heterocycles. The Morgan fingerprint density at radius 1 is 0.575 bits per heavy atom. The van der Waals surface area contributed by atoms with E-state index in [1.807, 2.05) is 11.3 Å². The number of halogens is 2. The van der Waals surface area contributed by atoms with Crippen LogP contribution in [-0.4, -0.2) is 6.71 Å². The first-order valence-electron chi connectivity index (χ1n) is 26.4. The fourth-order valence-corrected chi connectivity index (χ4v) is 14.2. The predicted octanol–water partition coefficient (Wildman–Crippen LogP) is 18.9. The smallest absolute Gasteiger partial charge is 0.264 e. The van der Waals surface area contributed by atoms with Crippen LogP contribution < -0.4 is 30.4 Å². The van der Waals surface area contributed by atoms with Gasteiger partial charge in [-0.2, -0.15) is 0 Å². The van der Waals surface area contributed by atoms with Crippen molar-refractivity contribution in [2.45, 2.75) is 152 Å². The average Bonchev–Trinajstić information content (AvgIpc) is 3.69. The zero-order chi connectivity index (χ0) is 52.5. The van der Waals surface area contributed by atoms with Crippen molar-refractivity contribution in [3.63, 3.8) is 0 Å². The summed E-state index contributed by atoms with van der Waals surface area (Å²) in [6.45, 7) is 37.4. The van der Waals surface area contributed by atoms with Gasteiger partial charge in [-0.15, -0.1) is 11.3 Å². The first-order valence-corrected chi connectivity index (χ1v) is 29.4. The van der Waals surface area contributed by atoms with E-state index < -0.39 is 0 Å². The second-order valence-electron chi connectivity index (χ2n) is 25.6. The molecule has 2 atom stereocenters. The van der Waals surface area contributed by atoms with Gasteiger partial charge < -0.3 is 14.7 Å². The van der Waals surface area contributed by atoms with E-state index in [9.17, 15) is 0 Å². The quantitative estimate of drug-likeness (QED) is 0.0711. The number of thiophene rings is 1. The fourth-order valence-electron chi connectivity index (χ4n) is 11.5. The van der Waals surface area contributed by atoms with Crippen LogP contribution in [-0.2, 0) is 28.5 Å². The fraction of sp³-hybridized carbons (Fsp3) is 0.364. The van der Waals surface area contributed by atoms with Gasteiger partial charge in [-0.1, -0.05) is 189 Å². The van der Waals surface area contributed by atoms with Crippen molar-refractivity contribution >= 4 is 135 Å². The van der Waals surface area contributed by atoms with Crippen LogP contribution in [0.1, 0.15) is 157 Å². The summed E-state index contributed by atoms with van der Waals surface area (Å²) in [6.07, 6.45) is 8.99. The first kappa shape index (κ1) is 52.1. The van der Waals surface area contributed by atoms with Gasteiger partial charge in [0, 0.05) is 61.5 Å². The molecule has 2 unspecified atom stereocenters. The standard InChI is InChI=1S/C66H74BI2N3S/c1-17-22-45(18-2)70(46-23-20-19-21-24-46)49-37-55-58-56(38-49)72(47-28-25-41(26-29-47)61(3,4)5)59-50-39-51-52(66(16,69)32-31-65(51,15)68)40-57(50)73-60(59)67(58)53-30-27-42(62(6,7)8)36-54(53)71(55)48-34-43(63(9,10)11)33-44(35-48)64(12,13)14/h17-30,33-40H,31-32H2,1-16H3/b22-17-,45-18+. The summed E-state index contributed by atoms with van der Waals surface area (Å²) in [5, 5.41) is 1.35. The minimum Gasteiger partial charge on any atom is -0.311 e. The highest BCUT2D eigenvalue weighted by Crippen LogP contribution is 2.57.